The molecule has 6 nitrogen and oxygen atoms in total. The summed E-state index contributed by atoms with van der Waals surface area (Å²) in [5, 5.41) is 8.62. The summed E-state index contributed by atoms with van der Waals surface area (Å²) in [4.78, 5) is 25.1. The zero-order valence-corrected chi connectivity index (χ0v) is 17.3. The Morgan fingerprint density at radius 1 is 0.935 bits per heavy atom. The first-order valence-electron chi connectivity index (χ1n) is 9.80. The van der Waals surface area contributed by atoms with Gasteiger partial charge in [-0.05, 0) is 49.4 Å². The van der Waals surface area contributed by atoms with Gasteiger partial charge < -0.3 is 20.7 Å². The summed E-state index contributed by atoms with van der Waals surface area (Å²) in [5.74, 6) is -0.340. The van der Waals surface area contributed by atoms with Gasteiger partial charge in [0.1, 0.15) is 11.6 Å². The largest absolute Gasteiger partial charge is 0.496 e. The first kappa shape index (κ1) is 22.0. The van der Waals surface area contributed by atoms with Crippen molar-refractivity contribution in [3.63, 3.8) is 0 Å². The van der Waals surface area contributed by atoms with E-state index in [1.807, 2.05) is 31.2 Å². The Kier molecular flexibility index (Phi) is 7.35. The highest BCUT2D eigenvalue weighted by Gasteiger charge is 2.15. The molecule has 3 aromatic rings. The van der Waals surface area contributed by atoms with Crippen molar-refractivity contribution in [1.29, 1.82) is 0 Å². The van der Waals surface area contributed by atoms with Crippen LogP contribution in [0.3, 0.4) is 0 Å². The van der Waals surface area contributed by atoms with Crippen LogP contribution < -0.4 is 20.7 Å². The Morgan fingerprint density at radius 3 is 2.35 bits per heavy atom. The molecule has 7 heteroatoms. The zero-order valence-electron chi connectivity index (χ0n) is 17.3. The average molecular weight is 421 g/mol. The fourth-order valence-electron chi connectivity index (χ4n) is 3.10. The van der Waals surface area contributed by atoms with Gasteiger partial charge in [-0.2, -0.15) is 0 Å². The summed E-state index contributed by atoms with van der Waals surface area (Å²) < 4.78 is 18.4. The number of ether oxygens (including phenoxy) is 1. The predicted octanol–water partition coefficient (Wildman–Crippen LogP) is 4.38. The van der Waals surface area contributed by atoms with Crippen molar-refractivity contribution in [3.05, 3.63) is 89.7 Å². The predicted molar refractivity (Wildman–Crippen MR) is 119 cm³/mol. The normalized spacial score (nSPS) is 11.5. The van der Waals surface area contributed by atoms with Crippen LogP contribution in [-0.2, 0) is 4.79 Å². The number of benzene rings is 3. The molecule has 0 bridgehead atoms. The number of para-hydroxylation sites is 2. The van der Waals surface area contributed by atoms with Crippen molar-refractivity contribution in [3.8, 4) is 5.75 Å². The van der Waals surface area contributed by atoms with E-state index >= 15 is 0 Å². The summed E-state index contributed by atoms with van der Waals surface area (Å²) in [6.07, 6.45) is 0. The van der Waals surface area contributed by atoms with E-state index in [0.717, 1.165) is 11.3 Å². The number of halogens is 1. The number of nitrogens with one attached hydrogen (secondary N) is 3. The Labute approximate surface area is 180 Å². The summed E-state index contributed by atoms with van der Waals surface area (Å²) in [7, 11) is 1.60. The molecule has 31 heavy (non-hydrogen) atoms. The summed E-state index contributed by atoms with van der Waals surface area (Å²) in [6, 6.07) is 19.6. The lowest BCUT2D eigenvalue weighted by molar-refractivity contribution is -0.115. The maximum atomic E-state index is 13.1. The molecular weight excluding hydrogens is 397 g/mol. The number of amides is 2. The molecule has 0 fully saturated rings. The second-order valence-corrected chi connectivity index (χ2v) is 6.90. The van der Waals surface area contributed by atoms with Gasteiger partial charge in [-0.15, -0.1) is 0 Å². The van der Waals surface area contributed by atoms with E-state index < -0.39 is 5.91 Å². The molecule has 1 atom stereocenters. The van der Waals surface area contributed by atoms with Crippen LogP contribution in [0.4, 0.5) is 15.8 Å². The topological polar surface area (TPSA) is 79.5 Å². The van der Waals surface area contributed by atoms with Gasteiger partial charge in [0.25, 0.3) is 5.91 Å². The molecule has 160 valence electrons. The molecule has 3 aromatic carbocycles. The van der Waals surface area contributed by atoms with E-state index in [4.69, 9.17) is 4.74 Å². The molecule has 0 spiro atoms. The minimum atomic E-state index is -0.405. The van der Waals surface area contributed by atoms with E-state index in [2.05, 4.69) is 16.0 Å². The quantitative estimate of drug-likeness (QED) is 0.504. The van der Waals surface area contributed by atoms with E-state index in [-0.39, 0.29) is 24.3 Å². The van der Waals surface area contributed by atoms with Crippen molar-refractivity contribution in [2.75, 3.05) is 24.3 Å². The van der Waals surface area contributed by atoms with Crippen LogP contribution in [0.15, 0.2) is 72.8 Å². The van der Waals surface area contributed by atoms with Gasteiger partial charge in [0.2, 0.25) is 5.91 Å². The minimum absolute atomic E-state index is 0.0487. The lowest BCUT2D eigenvalue weighted by Crippen LogP contribution is -2.31. The van der Waals surface area contributed by atoms with Gasteiger partial charge in [-0.1, -0.05) is 30.3 Å². The molecule has 3 N–H and O–H groups in total. The molecule has 0 saturated carbocycles. The molecule has 0 heterocycles. The summed E-state index contributed by atoms with van der Waals surface area (Å²) in [6.45, 7) is 1.99. The summed E-state index contributed by atoms with van der Waals surface area (Å²) in [5.41, 5.74) is 2.09. The van der Waals surface area contributed by atoms with Crippen LogP contribution in [0, 0.1) is 5.82 Å². The number of hydrogen-bond donors (Lipinski definition) is 3. The summed E-state index contributed by atoms with van der Waals surface area (Å²) >= 11 is 0. The number of rotatable bonds is 8. The van der Waals surface area contributed by atoms with Crippen LogP contribution in [0.1, 0.15) is 28.9 Å². The van der Waals surface area contributed by atoms with E-state index in [9.17, 15) is 14.0 Å². The van der Waals surface area contributed by atoms with E-state index in [1.165, 1.54) is 24.3 Å². The second kappa shape index (κ2) is 10.4. The molecular formula is C24H24FN3O3. The molecule has 0 aliphatic carbocycles. The lowest BCUT2D eigenvalue weighted by atomic mass is 10.1. The number of anilines is 2. The standard InChI is InChI=1S/C24H24FN3O3/c1-16(19-7-4-6-10-22(19)31-2)26-15-23(29)28-21-9-5-3-8-20(21)24(30)27-18-13-11-17(25)12-14-18/h3-14,16,26H,15H2,1-2H3,(H,27,30)(H,28,29). The average Bonchev–Trinajstić information content (AvgIpc) is 2.79. The maximum Gasteiger partial charge on any atom is 0.257 e. The molecule has 0 aromatic heterocycles. The van der Waals surface area contributed by atoms with Crippen molar-refractivity contribution in [1.82, 2.24) is 5.32 Å². The minimum Gasteiger partial charge on any atom is -0.496 e. The second-order valence-electron chi connectivity index (χ2n) is 6.90. The monoisotopic (exact) mass is 421 g/mol. The van der Waals surface area contributed by atoms with Crippen LogP contribution in [0.5, 0.6) is 5.75 Å². The van der Waals surface area contributed by atoms with Crippen molar-refractivity contribution in [2.24, 2.45) is 0 Å². The molecule has 0 aliphatic rings. The number of hydrogen-bond acceptors (Lipinski definition) is 4. The van der Waals surface area contributed by atoms with Gasteiger partial charge in [0, 0.05) is 17.3 Å². The van der Waals surface area contributed by atoms with Crippen LogP contribution >= 0.6 is 0 Å². The van der Waals surface area contributed by atoms with Crippen molar-refractivity contribution >= 4 is 23.2 Å². The Bertz CT molecular complexity index is 1050. The first-order chi connectivity index (χ1) is 15.0. The highest BCUT2D eigenvalue weighted by atomic mass is 19.1. The maximum absolute atomic E-state index is 13.1. The first-order valence-corrected chi connectivity index (χ1v) is 9.80. The third kappa shape index (κ3) is 5.90. The SMILES string of the molecule is COc1ccccc1C(C)NCC(=O)Nc1ccccc1C(=O)Nc1ccc(F)cc1. The van der Waals surface area contributed by atoms with Crippen molar-refractivity contribution in [2.45, 2.75) is 13.0 Å². The van der Waals surface area contributed by atoms with Crippen LogP contribution in [0.25, 0.3) is 0 Å². The zero-order chi connectivity index (χ0) is 22.2. The van der Waals surface area contributed by atoms with Gasteiger partial charge in [-0.3, -0.25) is 9.59 Å². The molecule has 0 saturated heterocycles. The fraction of sp³-hybridized carbons (Fsp3) is 0.167. The highest BCUT2D eigenvalue weighted by molar-refractivity contribution is 6.10. The smallest absolute Gasteiger partial charge is 0.257 e. The molecule has 0 aliphatic heterocycles. The van der Waals surface area contributed by atoms with Gasteiger partial charge in [0.05, 0.1) is 24.9 Å². The molecule has 1 unspecified atom stereocenters. The molecule has 3 rings (SSSR count). The highest BCUT2D eigenvalue weighted by Crippen LogP contribution is 2.24. The van der Waals surface area contributed by atoms with Crippen molar-refractivity contribution < 1.29 is 18.7 Å². The van der Waals surface area contributed by atoms with Gasteiger partial charge >= 0.3 is 0 Å². The van der Waals surface area contributed by atoms with E-state index in [0.29, 0.717) is 16.9 Å². The van der Waals surface area contributed by atoms with Crippen LogP contribution in [-0.4, -0.2) is 25.5 Å². The molecule has 2 amide bonds. The Morgan fingerprint density at radius 2 is 1.61 bits per heavy atom. The number of methoxy groups -OCH3 is 1. The number of carbonyl (C=O) groups excluding carboxylic acids is 2. The Balaban J connectivity index is 1.62. The van der Waals surface area contributed by atoms with Gasteiger partial charge in [0.15, 0.2) is 0 Å². The lowest BCUT2D eigenvalue weighted by Gasteiger charge is -2.17. The molecule has 0 radical (unpaired) electrons. The van der Waals surface area contributed by atoms with Crippen LogP contribution in [0.2, 0.25) is 0 Å². The third-order valence-electron chi connectivity index (χ3n) is 4.72. The Hall–Kier alpha value is -3.71. The van der Waals surface area contributed by atoms with E-state index in [1.54, 1.807) is 31.4 Å². The third-order valence-corrected chi connectivity index (χ3v) is 4.72. The number of carbonyl (C=O) groups is 2. The fourth-order valence-corrected chi connectivity index (χ4v) is 3.10. The van der Waals surface area contributed by atoms with Gasteiger partial charge in [-0.25, -0.2) is 4.39 Å².